The first-order chi connectivity index (χ1) is 11.5. The maximum atomic E-state index is 12.3. The molecule has 0 atom stereocenters. The molecule has 0 radical (unpaired) electrons. The molecule has 0 saturated carbocycles. The number of carbonyl (C=O) groups excluding carboxylic acids is 3. The zero-order valence-electron chi connectivity index (χ0n) is 12.7. The SMILES string of the molecule is Cc1cc(C(N)=O)c(NC(=O)CN2C(=O)COc3cccnc32)s1. The molecule has 3 heterocycles. The monoisotopic (exact) mass is 346 g/mol. The Bertz CT molecular complexity index is 833. The molecule has 124 valence electrons. The summed E-state index contributed by atoms with van der Waals surface area (Å²) in [5.41, 5.74) is 5.55. The molecule has 3 N–H and O–H groups in total. The topological polar surface area (TPSA) is 115 Å². The summed E-state index contributed by atoms with van der Waals surface area (Å²) in [5.74, 6) is -0.708. The minimum Gasteiger partial charge on any atom is -0.480 e. The molecule has 0 saturated heterocycles. The van der Waals surface area contributed by atoms with E-state index >= 15 is 0 Å². The molecule has 0 spiro atoms. The highest BCUT2D eigenvalue weighted by Gasteiger charge is 2.28. The Kier molecular flexibility index (Phi) is 4.17. The van der Waals surface area contributed by atoms with Crippen molar-refractivity contribution < 1.29 is 19.1 Å². The predicted molar refractivity (Wildman–Crippen MR) is 88.3 cm³/mol. The number of hydrogen-bond donors (Lipinski definition) is 2. The molecule has 0 aromatic carbocycles. The molecule has 2 aromatic heterocycles. The largest absolute Gasteiger partial charge is 0.480 e. The van der Waals surface area contributed by atoms with Gasteiger partial charge < -0.3 is 15.8 Å². The Labute approximate surface area is 141 Å². The molecule has 2 aromatic rings. The van der Waals surface area contributed by atoms with Gasteiger partial charge in [-0.2, -0.15) is 0 Å². The molecular formula is C15H14N4O4S. The van der Waals surface area contributed by atoms with E-state index in [2.05, 4.69) is 10.3 Å². The molecule has 0 fully saturated rings. The fraction of sp³-hybridized carbons (Fsp3) is 0.200. The molecule has 1 aliphatic rings. The molecule has 8 nitrogen and oxygen atoms in total. The van der Waals surface area contributed by atoms with Crippen LogP contribution in [0.5, 0.6) is 5.75 Å². The number of rotatable bonds is 4. The van der Waals surface area contributed by atoms with Crippen molar-refractivity contribution >= 4 is 39.9 Å². The van der Waals surface area contributed by atoms with Gasteiger partial charge in [-0.05, 0) is 25.1 Å². The van der Waals surface area contributed by atoms with Crippen LogP contribution >= 0.6 is 11.3 Å². The summed E-state index contributed by atoms with van der Waals surface area (Å²) in [6.45, 7) is 1.41. The number of nitrogens with two attached hydrogens (primary N) is 1. The summed E-state index contributed by atoms with van der Waals surface area (Å²) in [6, 6.07) is 4.97. The number of anilines is 2. The minimum absolute atomic E-state index is 0.156. The van der Waals surface area contributed by atoms with E-state index in [9.17, 15) is 14.4 Å². The van der Waals surface area contributed by atoms with Crippen molar-refractivity contribution in [3.8, 4) is 5.75 Å². The zero-order valence-corrected chi connectivity index (χ0v) is 13.6. The van der Waals surface area contributed by atoms with Crippen molar-refractivity contribution in [3.63, 3.8) is 0 Å². The van der Waals surface area contributed by atoms with Crippen LogP contribution in [0.2, 0.25) is 0 Å². The fourth-order valence-corrected chi connectivity index (χ4v) is 3.23. The number of hydrogen-bond acceptors (Lipinski definition) is 6. The van der Waals surface area contributed by atoms with E-state index in [0.29, 0.717) is 16.6 Å². The van der Waals surface area contributed by atoms with Crippen molar-refractivity contribution in [2.75, 3.05) is 23.4 Å². The van der Waals surface area contributed by atoms with Crippen LogP contribution in [0.15, 0.2) is 24.4 Å². The summed E-state index contributed by atoms with van der Waals surface area (Å²) in [6.07, 6.45) is 1.51. The second kappa shape index (κ2) is 6.28. The summed E-state index contributed by atoms with van der Waals surface area (Å²) in [7, 11) is 0. The van der Waals surface area contributed by atoms with E-state index in [0.717, 1.165) is 4.88 Å². The number of ether oxygens (including phenoxy) is 1. The number of amides is 3. The normalized spacial score (nSPS) is 13.2. The molecule has 3 amide bonds. The highest BCUT2D eigenvalue weighted by atomic mass is 32.1. The summed E-state index contributed by atoms with van der Waals surface area (Å²) >= 11 is 1.24. The molecule has 1 aliphatic heterocycles. The highest BCUT2D eigenvalue weighted by Crippen LogP contribution is 2.30. The minimum atomic E-state index is -0.621. The van der Waals surface area contributed by atoms with E-state index in [1.165, 1.54) is 22.4 Å². The number of aromatic nitrogens is 1. The first-order valence-electron chi connectivity index (χ1n) is 7.04. The number of primary amides is 1. The van der Waals surface area contributed by atoms with Gasteiger partial charge in [-0.15, -0.1) is 11.3 Å². The van der Waals surface area contributed by atoms with Crippen LogP contribution in [0.1, 0.15) is 15.2 Å². The lowest BCUT2D eigenvalue weighted by atomic mass is 10.3. The van der Waals surface area contributed by atoms with Crippen molar-refractivity contribution in [1.82, 2.24) is 4.98 Å². The Morgan fingerprint density at radius 1 is 1.50 bits per heavy atom. The smallest absolute Gasteiger partial charge is 0.266 e. The number of nitrogens with zero attached hydrogens (tertiary/aromatic N) is 2. The average Bonchev–Trinajstić information content (AvgIpc) is 2.91. The molecule has 0 aliphatic carbocycles. The number of thiophene rings is 1. The van der Waals surface area contributed by atoms with Crippen LogP contribution in [-0.2, 0) is 9.59 Å². The van der Waals surface area contributed by atoms with Gasteiger partial charge in [0.1, 0.15) is 11.5 Å². The lowest BCUT2D eigenvalue weighted by Gasteiger charge is -2.27. The van der Waals surface area contributed by atoms with Gasteiger partial charge in [0.2, 0.25) is 5.91 Å². The van der Waals surface area contributed by atoms with Gasteiger partial charge in [0.25, 0.3) is 11.8 Å². The van der Waals surface area contributed by atoms with Gasteiger partial charge >= 0.3 is 0 Å². The molecule has 24 heavy (non-hydrogen) atoms. The van der Waals surface area contributed by atoms with Crippen molar-refractivity contribution in [2.45, 2.75) is 6.92 Å². The van der Waals surface area contributed by atoms with Crippen molar-refractivity contribution in [3.05, 3.63) is 34.8 Å². The standard InChI is InChI=1S/C15H14N4O4S/c1-8-5-9(13(16)22)15(24-8)18-11(20)6-19-12(21)7-23-10-3-2-4-17-14(10)19/h2-5H,6-7H2,1H3,(H2,16,22)(H,18,20). The van der Waals surface area contributed by atoms with Gasteiger partial charge in [0.05, 0.1) is 5.56 Å². The second-order valence-electron chi connectivity index (χ2n) is 5.11. The van der Waals surface area contributed by atoms with Gasteiger partial charge in [0, 0.05) is 11.1 Å². The van der Waals surface area contributed by atoms with Gasteiger partial charge in [-0.3, -0.25) is 19.3 Å². The number of aryl methyl sites for hydroxylation is 1. The number of carbonyl (C=O) groups is 3. The summed E-state index contributed by atoms with van der Waals surface area (Å²) < 4.78 is 5.28. The Balaban J connectivity index is 1.78. The third-order valence-corrected chi connectivity index (χ3v) is 4.30. The maximum Gasteiger partial charge on any atom is 0.266 e. The first kappa shape index (κ1) is 15.9. The van der Waals surface area contributed by atoms with E-state index < -0.39 is 11.8 Å². The van der Waals surface area contributed by atoms with Crippen molar-refractivity contribution in [1.29, 1.82) is 0 Å². The van der Waals surface area contributed by atoms with Crippen LogP contribution in [0.25, 0.3) is 0 Å². The quantitative estimate of drug-likeness (QED) is 0.854. The van der Waals surface area contributed by atoms with Crippen LogP contribution in [0.4, 0.5) is 10.8 Å². The molecule has 3 rings (SSSR count). The highest BCUT2D eigenvalue weighted by molar-refractivity contribution is 7.16. The predicted octanol–water partition coefficient (Wildman–Crippen LogP) is 0.915. The van der Waals surface area contributed by atoms with Gasteiger partial charge in [0.15, 0.2) is 18.2 Å². The molecule has 0 bridgehead atoms. The third-order valence-electron chi connectivity index (χ3n) is 3.33. The van der Waals surface area contributed by atoms with E-state index in [1.54, 1.807) is 25.1 Å². The average molecular weight is 346 g/mol. The van der Waals surface area contributed by atoms with Crippen LogP contribution in [0, 0.1) is 6.92 Å². The molecule has 0 unspecified atom stereocenters. The maximum absolute atomic E-state index is 12.3. The summed E-state index contributed by atoms with van der Waals surface area (Å²) in [5, 5.41) is 3.00. The lowest BCUT2D eigenvalue weighted by Crippen LogP contribution is -2.44. The van der Waals surface area contributed by atoms with E-state index in [-0.39, 0.29) is 24.6 Å². The molecular weight excluding hydrogens is 332 g/mol. The van der Waals surface area contributed by atoms with E-state index in [4.69, 9.17) is 10.5 Å². The number of fused-ring (bicyclic) bond motifs is 1. The van der Waals surface area contributed by atoms with Crippen LogP contribution in [-0.4, -0.2) is 35.9 Å². The fourth-order valence-electron chi connectivity index (χ4n) is 2.30. The number of nitrogens with one attached hydrogen (secondary N) is 1. The van der Waals surface area contributed by atoms with Gasteiger partial charge in [-0.1, -0.05) is 0 Å². The van der Waals surface area contributed by atoms with E-state index in [1.807, 2.05) is 0 Å². The Morgan fingerprint density at radius 2 is 2.29 bits per heavy atom. The zero-order chi connectivity index (χ0) is 17.3. The lowest BCUT2D eigenvalue weighted by molar-refractivity contribution is -0.123. The summed E-state index contributed by atoms with van der Waals surface area (Å²) in [4.78, 5) is 41.9. The van der Waals surface area contributed by atoms with Crippen LogP contribution < -0.4 is 20.7 Å². The number of pyridine rings is 1. The third kappa shape index (κ3) is 3.06. The first-order valence-corrected chi connectivity index (χ1v) is 7.85. The second-order valence-corrected chi connectivity index (χ2v) is 6.36. The Morgan fingerprint density at radius 3 is 3.04 bits per heavy atom. The van der Waals surface area contributed by atoms with Gasteiger partial charge in [-0.25, -0.2) is 4.98 Å². The Hall–Kier alpha value is -2.94. The molecule has 9 heteroatoms. The van der Waals surface area contributed by atoms with Crippen molar-refractivity contribution in [2.24, 2.45) is 5.73 Å². The van der Waals surface area contributed by atoms with Crippen LogP contribution in [0.3, 0.4) is 0 Å².